The minimum atomic E-state index is -0.239. The number of hydrogen-bond acceptors (Lipinski definition) is 3. The Morgan fingerprint density at radius 3 is 2.33 bits per heavy atom. The Morgan fingerprint density at radius 2 is 1.83 bits per heavy atom. The number of nitrogens with zero attached hydrogens (tertiary/aromatic N) is 1. The van der Waals surface area contributed by atoms with Crippen molar-refractivity contribution in [2.24, 2.45) is 0 Å². The molecule has 0 saturated carbocycles. The number of aromatic nitrogens is 1. The zero-order valence-corrected chi connectivity index (χ0v) is 13.7. The van der Waals surface area contributed by atoms with Gasteiger partial charge in [0.05, 0.1) is 0 Å². The Labute approximate surface area is 118 Å². The fraction of sp³-hybridized carbons (Fsp3) is 0.643. The van der Waals surface area contributed by atoms with Crippen molar-refractivity contribution in [2.45, 2.75) is 59.2 Å². The fourth-order valence-corrected chi connectivity index (χ4v) is 1.72. The van der Waals surface area contributed by atoms with Gasteiger partial charge in [0.15, 0.2) is 0 Å². The van der Waals surface area contributed by atoms with Crippen LogP contribution in [0.5, 0.6) is 5.88 Å². The van der Waals surface area contributed by atoms with Gasteiger partial charge in [0.1, 0.15) is 5.60 Å². The lowest BCUT2D eigenvalue weighted by Crippen LogP contribution is -2.35. The summed E-state index contributed by atoms with van der Waals surface area (Å²) in [4.78, 5) is 4.36. The van der Waals surface area contributed by atoms with Crippen LogP contribution in [0.25, 0.3) is 0 Å². The Hall–Kier alpha value is -0.610. The fourth-order valence-electron chi connectivity index (χ4n) is 1.34. The topological polar surface area (TPSA) is 34.2 Å². The van der Waals surface area contributed by atoms with Crippen molar-refractivity contribution < 1.29 is 4.74 Å². The summed E-state index contributed by atoms with van der Waals surface area (Å²) >= 11 is 3.45. The molecule has 0 spiro atoms. The molecule has 1 aromatic rings. The first-order valence-electron chi connectivity index (χ1n) is 6.15. The first kappa shape index (κ1) is 15.4. The SMILES string of the molecule is CC(C)(C)NCc1cc(Br)cnc1OC(C)(C)C. The minimum absolute atomic E-state index is 0.0708. The predicted octanol–water partition coefficient (Wildman–Crippen LogP) is 3.91. The lowest BCUT2D eigenvalue weighted by molar-refractivity contribution is 0.122. The van der Waals surface area contributed by atoms with Crippen LogP contribution in [0.4, 0.5) is 0 Å². The molecule has 0 aliphatic rings. The van der Waals surface area contributed by atoms with Gasteiger partial charge in [-0.25, -0.2) is 4.98 Å². The Balaban J connectivity index is 2.90. The van der Waals surface area contributed by atoms with Crippen molar-refractivity contribution in [3.05, 3.63) is 22.3 Å². The lowest BCUT2D eigenvalue weighted by atomic mass is 10.1. The minimum Gasteiger partial charge on any atom is -0.472 e. The molecule has 18 heavy (non-hydrogen) atoms. The van der Waals surface area contributed by atoms with E-state index in [1.165, 1.54) is 0 Å². The molecule has 0 aromatic carbocycles. The van der Waals surface area contributed by atoms with E-state index in [4.69, 9.17) is 4.74 Å². The number of rotatable bonds is 3. The molecule has 0 unspecified atom stereocenters. The van der Waals surface area contributed by atoms with Crippen LogP contribution >= 0.6 is 15.9 Å². The van der Waals surface area contributed by atoms with E-state index in [-0.39, 0.29) is 11.1 Å². The highest BCUT2D eigenvalue weighted by molar-refractivity contribution is 9.10. The molecule has 4 heteroatoms. The quantitative estimate of drug-likeness (QED) is 0.918. The zero-order chi connectivity index (χ0) is 14.0. The van der Waals surface area contributed by atoms with Crippen molar-refractivity contribution >= 4 is 15.9 Å². The van der Waals surface area contributed by atoms with E-state index in [2.05, 4.69) is 47.0 Å². The zero-order valence-electron chi connectivity index (χ0n) is 12.1. The van der Waals surface area contributed by atoms with Gasteiger partial charge in [0.25, 0.3) is 0 Å². The first-order chi connectivity index (χ1) is 8.07. The summed E-state index contributed by atoms with van der Waals surface area (Å²) in [5.41, 5.74) is 0.896. The molecule has 1 heterocycles. The summed E-state index contributed by atoms with van der Waals surface area (Å²) in [6, 6.07) is 2.05. The predicted molar refractivity (Wildman–Crippen MR) is 78.9 cm³/mol. The lowest BCUT2D eigenvalue weighted by Gasteiger charge is -2.24. The Kier molecular flexibility index (Phi) is 4.78. The average Bonchev–Trinajstić information content (AvgIpc) is 2.15. The Bertz CT molecular complexity index is 405. The van der Waals surface area contributed by atoms with E-state index < -0.39 is 0 Å². The van der Waals surface area contributed by atoms with Gasteiger partial charge in [-0.2, -0.15) is 0 Å². The molecule has 0 aliphatic heterocycles. The van der Waals surface area contributed by atoms with Crippen LogP contribution in [-0.4, -0.2) is 16.1 Å². The molecule has 3 nitrogen and oxygen atoms in total. The molecule has 1 aromatic heterocycles. The summed E-state index contributed by atoms with van der Waals surface area (Å²) in [5.74, 6) is 0.697. The van der Waals surface area contributed by atoms with Gasteiger partial charge in [-0.15, -0.1) is 0 Å². The molecule has 0 saturated heterocycles. The van der Waals surface area contributed by atoms with Crippen LogP contribution in [0.3, 0.4) is 0 Å². The maximum absolute atomic E-state index is 5.88. The average molecular weight is 315 g/mol. The second kappa shape index (κ2) is 5.57. The monoisotopic (exact) mass is 314 g/mol. The van der Waals surface area contributed by atoms with E-state index in [0.29, 0.717) is 5.88 Å². The van der Waals surface area contributed by atoms with E-state index in [0.717, 1.165) is 16.6 Å². The highest BCUT2D eigenvalue weighted by atomic mass is 79.9. The summed E-state index contributed by atoms with van der Waals surface area (Å²) in [6.45, 7) is 13.2. The number of ether oxygens (including phenoxy) is 1. The standard InChI is InChI=1S/C14H23BrN2O/c1-13(2,3)17-8-10-7-11(15)9-16-12(10)18-14(4,5)6/h7,9,17H,8H2,1-6H3. The van der Waals surface area contributed by atoms with Crippen LogP contribution in [0.2, 0.25) is 0 Å². The van der Waals surface area contributed by atoms with Crippen molar-refractivity contribution in [1.82, 2.24) is 10.3 Å². The van der Waals surface area contributed by atoms with E-state index in [1.54, 1.807) is 6.20 Å². The number of nitrogens with one attached hydrogen (secondary N) is 1. The van der Waals surface area contributed by atoms with Crippen LogP contribution < -0.4 is 10.1 Å². The summed E-state index contributed by atoms with van der Waals surface area (Å²) < 4.78 is 6.85. The van der Waals surface area contributed by atoms with Crippen molar-refractivity contribution in [3.63, 3.8) is 0 Å². The molecule has 0 amide bonds. The van der Waals surface area contributed by atoms with E-state index in [1.807, 2.05) is 26.8 Å². The highest BCUT2D eigenvalue weighted by Crippen LogP contribution is 2.24. The smallest absolute Gasteiger partial charge is 0.218 e. The molecule has 102 valence electrons. The van der Waals surface area contributed by atoms with Crippen molar-refractivity contribution in [3.8, 4) is 5.88 Å². The van der Waals surface area contributed by atoms with Crippen LogP contribution in [0.15, 0.2) is 16.7 Å². The van der Waals surface area contributed by atoms with Gasteiger partial charge in [-0.1, -0.05) is 0 Å². The molecule has 1 rings (SSSR count). The summed E-state index contributed by atoms with van der Waals surface area (Å²) in [7, 11) is 0. The largest absolute Gasteiger partial charge is 0.472 e. The summed E-state index contributed by atoms with van der Waals surface area (Å²) in [6.07, 6.45) is 1.77. The van der Waals surface area contributed by atoms with Gasteiger partial charge >= 0.3 is 0 Å². The molecule has 0 aliphatic carbocycles. The molecular formula is C14H23BrN2O. The van der Waals surface area contributed by atoms with Crippen molar-refractivity contribution in [2.75, 3.05) is 0 Å². The first-order valence-corrected chi connectivity index (χ1v) is 6.95. The second-order valence-corrected chi connectivity index (χ2v) is 7.35. The molecule has 0 radical (unpaired) electrons. The number of halogens is 1. The van der Waals surface area contributed by atoms with Gasteiger partial charge in [-0.05, 0) is 63.5 Å². The van der Waals surface area contributed by atoms with E-state index >= 15 is 0 Å². The van der Waals surface area contributed by atoms with E-state index in [9.17, 15) is 0 Å². The normalized spacial score (nSPS) is 12.6. The van der Waals surface area contributed by atoms with Gasteiger partial charge in [-0.3, -0.25) is 0 Å². The third kappa shape index (κ3) is 5.83. The van der Waals surface area contributed by atoms with Gasteiger partial charge in [0.2, 0.25) is 5.88 Å². The molecular weight excluding hydrogens is 292 g/mol. The highest BCUT2D eigenvalue weighted by Gasteiger charge is 2.17. The maximum atomic E-state index is 5.88. The Morgan fingerprint density at radius 1 is 1.22 bits per heavy atom. The maximum Gasteiger partial charge on any atom is 0.218 e. The van der Waals surface area contributed by atoms with Crippen LogP contribution in [0.1, 0.15) is 47.1 Å². The second-order valence-electron chi connectivity index (χ2n) is 6.44. The molecule has 0 bridgehead atoms. The molecule has 1 N–H and O–H groups in total. The summed E-state index contributed by atoms with van der Waals surface area (Å²) in [5, 5.41) is 3.45. The molecule has 0 atom stereocenters. The molecule has 0 fully saturated rings. The third-order valence-corrected chi connectivity index (χ3v) is 2.54. The van der Waals surface area contributed by atoms with Crippen molar-refractivity contribution in [1.29, 1.82) is 0 Å². The number of pyridine rings is 1. The number of hydrogen-bond donors (Lipinski definition) is 1. The van der Waals surface area contributed by atoms with Crippen LogP contribution in [-0.2, 0) is 6.54 Å². The van der Waals surface area contributed by atoms with Crippen LogP contribution in [0, 0.1) is 0 Å². The third-order valence-electron chi connectivity index (χ3n) is 2.10. The van der Waals surface area contributed by atoms with Gasteiger partial charge < -0.3 is 10.1 Å². The van der Waals surface area contributed by atoms with Gasteiger partial charge in [0, 0.05) is 28.3 Å².